The lowest BCUT2D eigenvalue weighted by Gasteiger charge is -2.05. The number of aliphatic hydroxyl groups is 1. The maximum absolute atomic E-state index is 9.65. The number of rotatable bonds is 1. The van der Waals surface area contributed by atoms with Crippen molar-refractivity contribution in [2.24, 2.45) is 7.05 Å². The second kappa shape index (κ2) is 4.31. The largest absolute Gasteiger partial charge is 0.386 e. The van der Waals surface area contributed by atoms with E-state index in [1.54, 1.807) is 30.9 Å². The van der Waals surface area contributed by atoms with Crippen LogP contribution in [0.5, 0.6) is 0 Å². The molecule has 5 heteroatoms. The van der Waals surface area contributed by atoms with Crippen molar-refractivity contribution in [2.75, 3.05) is 12.4 Å². The molecule has 0 unspecified atom stereocenters. The van der Waals surface area contributed by atoms with Crippen LogP contribution in [0.4, 0.5) is 5.69 Å². The minimum absolute atomic E-state index is 0.640. The Labute approximate surface area is 106 Å². The predicted molar refractivity (Wildman–Crippen MR) is 71.2 cm³/mol. The van der Waals surface area contributed by atoms with Crippen LogP contribution >= 0.6 is 0 Å². The number of fused-ring (bicyclic) bond motifs is 1. The summed E-state index contributed by atoms with van der Waals surface area (Å²) in [5, 5.41) is 18.0. The van der Waals surface area contributed by atoms with E-state index in [2.05, 4.69) is 27.2 Å². The molecule has 0 bridgehead atoms. The molecule has 0 aliphatic heterocycles. The van der Waals surface area contributed by atoms with Gasteiger partial charge in [-0.1, -0.05) is 5.92 Å². The molecule has 2 N–H and O–H groups in total. The van der Waals surface area contributed by atoms with Gasteiger partial charge in [0.1, 0.15) is 11.3 Å². The summed E-state index contributed by atoms with van der Waals surface area (Å²) >= 11 is 0. The molecule has 5 nitrogen and oxygen atoms in total. The van der Waals surface area contributed by atoms with Crippen LogP contribution in [-0.2, 0) is 7.05 Å². The van der Waals surface area contributed by atoms with E-state index < -0.39 is 5.60 Å². The van der Waals surface area contributed by atoms with Crippen molar-refractivity contribution in [1.82, 2.24) is 14.8 Å². The van der Waals surface area contributed by atoms with Crippen molar-refractivity contribution in [2.45, 2.75) is 19.4 Å². The Hall–Kier alpha value is -2.06. The van der Waals surface area contributed by atoms with Crippen LogP contribution in [0.2, 0.25) is 0 Å². The summed E-state index contributed by atoms with van der Waals surface area (Å²) < 4.78 is 1.73. The molecular formula is C13H16N4O. The molecule has 2 aromatic rings. The molecule has 2 rings (SSSR count). The van der Waals surface area contributed by atoms with E-state index in [1.165, 1.54) is 0 Å². The molecule has 0 spiro atoms. The number of pyridine rings is 1. The average molecular weight is 244 g/mol. The second-order valence-corrected chi connectivity index (χ2v) is 4.61. The Bertz CT molecular complexity index is 641. The molecule has 0 aliphatic carbocycles. The average Bonchev–Trinajstić information content (AvgIpc) is 2.63. The summed E-state index contributed by atoms with van der Waals surface area (Å²) in [5.74, 6) is 5.70. The third kappa shape index (κ3) is 2.29. The fourth-order valence-electron chi connectivity index (χ4n) is 1.69. The molecule has 0 saturated heterocycles. The van der Waals surface area contributed by atoms with Crippen LogP contribution in [0.3, 0.4) is 0 Å². The Balaban J connectivity index is 2.67. The van der Waals surface area contributed by atoms with Gasteiger partial charge >= 0.3 is 0 Å². The first-order valence-electron chi connectivity index (χ1n) is 5.66. The van der Waals surface area contributed by atoms with Gasteiger partial charge in [0.2, 0.25) is 0 Å². The highest BCUT2D eigenvalue weighted by atomic mass is 16.3. The SMILES string of the molecule is CNc1cncc2c1c(C#CC(C)(C)O)nn2C. The van der Waals surface area contributed by atoms with Crippen LogP contribution in [0.25, 0.3) is 10.9 Å². The van der Waals surface area contributed by atoms with Gasteiger partial charge in [0.15, 0.2) is 0 Å². The monoisotopic (exact) mass is 244 g/mol. The van der Waals surface area contributed by atoms with E-state index in [1.807, 2.05) is 14.1 Å². The highest BCUT2D eigenvalue weighted by Gasteiger charge is 2.12. The molecule has 0 amide bonds. The Morgan fingerprint density at radius 2 is 2.11 bits per heavy atom. The number of anilines is 1. The van der Waals surface area contributed by atoms with Crippen molar-refractivity contribution in [3.05, 3.63) is 18.1 Å². The van der Waals surface area contributed by atoms with Gasteiger partial charge in [-0.05, 0) is 19.8 Å². The smallest absolute Gasteiger partial charge is 0.145 e. The Morgan fingerprint density at radius 3 is 2.72 bits per heavy atom. The molecule has 94 valence electrons. The standard InChI is InChI=1S/C13H16N4O/c1-13(2,18)6-5-9-12-10(14-3)7-15-8-11(12)17(4)16-9/h7-8,14,18H,1-4H3. The molecular weight excluding hydrogens is 228 g/mol. The van der Waals surface area contributed by atoms with Crippen LogP contribution in [0.1, 0.15) is 19.5 Å². The Morgan fingerprint density at radius 1 is 1.39 bits per heavy atom. The van der Waals surface area contributed by atoms with E-state index >= 15 is 0 Å². The van der Waals surface area contributed by atoms with Crippen LogP contribution in [-0.4, -0.2) is 32.5 Å². The molecule has 0 saturated carbocycles. The van der Waals surface area contributed by atoms with Crippen molar-refractivity contribution in [3.8, 4) is 11.8 Å². The third-order valence-electron chi connectivity index (χ3n) is 2.52. The lowest BCUT2D eigenvalue weighted by atomic mass is 10.1. The highest BCUT2D eigenvalue weighted by Crippen LogP contribution is 2.24. The van der Waals surface area contributed by atoms with Crippen molar-refractivity contribution in [1.29, 1.82) is 0 Å². The summed E-state index contributed by atoms with van der Waals surface area (Å²) in [6, 6.07) is 0. The molecule has 0 aliphatic rings. The lowest BCUT2D eigenvalue weighted by Crippen LogP contribution is -2.14. The van der Waals surface area contributed by atoms with Crippen molar-refractivity contribution < 1.29 is 5.11 Å². The summed E-state index contributed by atoms with van der Waals surface area (Å²) in [7, 11) is 3.68. The quantitative estimate of drug-likeness (QED) is 0.738. The molecule has 2 aromatic heterocycles. The van der Waals surface area contributed by atoms with E-state index in [0.717, 1.165) is 16.6 Å². The Kier molecular flexibility index (Phi) is 2.97. The van der Waals surface area contributed by atoms with Gasteiger partial charge in [-0.25, -0.2) is 0 Å². The number of hydrogen-bond donors (Lipinski definition) is 2. The number of aryl methyl sites for hydroxylation is 1. The van der Waals surface area contributed by atoms with Crippen molar-refractivity contribution in [3.63, 3.8) is 0 Å². The fourth-order valence-corrected chi connectivity index (χ4v) is 1.69. The van der Waals surface area contributed by atoms with Crippen LogP contribution < -0.4 is 5.32 Å². The minimum atomic E-state index is -1.03. The number of nitrogens with zero attached hydrogens (tertiary/aromatic N) is 3. The van der Waals surface area contributed by atoms with Crippen LogP contribution in [0.15, 0.2) is 12.4 Å². The van der Waals surface area contributed by atoms with E-state index in [0.29, 0.717) is 5.69 Å². The van der Waals surface area contributed by atoms with Gasteiger partial charge in [0, 0.05) is 14.1 Å². The van der Waals surface area contributed by atoms with E-state index in [4.69, 9.17) is 0 Å². The zero-order chi connectivity index (χ0) is 13.3. The van der Waals surface area contributed by atoms with Crippen LogP contribution in [0, 0.1) is 11.8 Å². The fraction of sp³-hybridized carbons (Fsp3) is 0.385. The lowest BCUT2D eigenvalue weighted by molar-refractivity contribution is 0.143. The summed E-state index contributed by atoms with van der Waals surface area (Å²) in [6.07, 6.45) is 3.48. The zero-order valence-electron chi connectivity index (χ0n) is 10.9. The van der Waals surface area contributed by atoms with E-state index in [-0.39, 0.29) is 0 Å². The van der Waals surface area contributed by atoms with E-state index in [9.17, 15) is 5.11 Å². The van der Waals surface area contributed by atoms with Gasteiger partial charge in [0.25, 0.3) is 0 Å². The van der Waals surface area contributed by atoms with Crippen molar-refractivity contribution >= 4 is 16.6 Å². The first-order chi connectivity index (χ1) is 8.42. The first kappa shape index (κ1) is 12.4. The normalized spacial score (nSPS) is 11.2. The van der Waals surface area contributed by atoms with Gasteiger partial charge in [-0.3, -0.25) is 9.67 Å². The second-order valence-electron chi connectivity index (χ2n) is 4.61. The number of aromatic nitrogens is 3. The summed E-state index contributed by atoms with van der Waals surface area (Å²) in [6.45, 7) is 3.29. The topological polar surface area (TPSA) is 63.0 Å². The first-order valence-corrected chi connectivity index (χ1v) is 5.66. The molecule has 0 aromatic carbocycles. The summed E-state index contributed by atoms with van der Waals surface area (Å²) in [4.78, 5) is 4.15. The summed E-state index contributed by atoms with van der Waals surface area (Å²) in [5.41, 5.74) is 1.39. The maximum Gasteiger partial charge on any atom is 0.145 e. The molecule has 0 radical (unpaired) electrons. The van der Waals surface area contributed by atoms with Gasteiger partial charge in [0.05, 0.1) is 29.0 Å². The molecule has 0 fully saturated rings. The number of hydrogen-bond acceptors (Lipinski definition) is 4. The molecule has 0 atom stereocenters. The van der Waals surface area contributed by atoms with Gasteiger partial charge < -0.3 is 10.4 Å². The predicted octanol–water partition coefficient (Wildman–Crippen LogP) is 1.13. The molecule has 18 heavy (non-hydrogen) atoms. The molecule has 2 heterocycles. The minimum Gasteiger partial charge on any atom is -0.386 e. The third-order valence-corrected chi connectivity index (χ3v) is 2.52. The zero-order valence-corrected chi connectivity index (χ0v) is 10.9. The van der Waals surface area contributed by atoms with Gasteiger partial charge in [-0.15, -0.1) is 0 Å². The maximum atomic E-state index is 9.65. The number of nitrogens with one attached hydrogen (secondary N) is 1. The van der Waals surface area contributed by atoms with Gasteiger partial charge in [-0.2, -0.15) is 5.10 Å². The highest BCUT2D eigenvalue weighted by molar-refractivity contribution is 5.95.